The predicted octanol–water partition coefficient (Wildman–Crippen LogP) is -1.95. The molecular weight excluding hydrogens is 386 g/mol. The first-order valence-electron chi connectivity index (χ1n) is 9.63. The highest BCUT2D eigenvalue weighted by atomic mass is 16.5. The number of ether oxygens (including phenoxy) is 4. The van der Waals surface area contributed by atoms with E-state index >= 15 is 0 Å². The average molecular weight is 419 g/mol. The molecule has 0 heterocycles. The van der Waals surface area contributed by atoms with E-state index in [0.29, 0.717) is 91.2 Å². The van der Waals surface area contributed by atoms with Crippen molar-refractivity contribution in [2.45, 2.75) is 12.8 Å². The Kier molecular flexibility index (Phi) is 20.9. The SMILES string of the molecule is O=CCOCCOCCNC(=O)CCNCCC(=O)NCCOCCOCC=O. The summed E-state index contributed by atoms with van der Waals surface area (Å²) in [5.41, 5.74) is 0. The van der Waals surface area contributed by atoms with Crippen molar-refractivity contribution in [2.75, 3.05) is 79.0 Å². The van der Waals surface area contributed by atoms with Crippen molar-refractivity contribution < 1.29 is 38.1 Å². The zero-order chi connectivity index (χ0) is 21.4. The smallest absolute Gasteiger partial charge is 0.221 e. The van der Waals surface area contributed by atoms with Crippen molar-refractivity contribution in [3.05, 3.63) is 0 Å². The molecule has 3 N–H and O–H groups in total. The molecule has 0 atom stereocenters. The van der Waals surface area contributed by atoms with E-state index in [4.69, 9.17) is 18.9 Å². The largest absolute Gasteiger partial charge is 0.377 e. The molecule has 0 aliphatic rings. The molecule has 0 saturated heterocycles. The third kappa shape index (κ3) is 22.2. The third-order valence-electron chi connectivity index (χ3n) is 3.31. The predicted molar refractivity (Wildman–Crippen MR) is 104 cm³/mol. The summed E-state index contributed by atoms with van der Waals surface area (Å²) in [5.74, 6) is -0.200. The summed E-state index contributed by atoms with van der Waals surface area (Å²) >= 11 is 0. The number of hydrogen-bond acceptors (Lipinski definition) is 9. The van der Waals surface area contributed by atoms with Crippen LogP contribution in [0.3, 0.4) is 0 Å². The van der Waals surface area contributed by atoms with Crippen molar-refractivity contribution in [2.24, 2.45) is 0 Å². The van der Waals surface area contributed by atoms with E-state index in [1.54, 1.807) is 0 Å². The Morgan fingerprint density at radius 1 is 0.586 bits per heavy atom. The molecule has 0 unspecified atom stereocenters. The summed E-state index contributed by atoms with van der Waals surface area (Å²) in [7, 11) is 0. The van der Waals surface area contributed by atoms with Gasteiger partial charge in [-0.3, -0.25) is 9.59 Å². The van der Waals surface area contributed by atoms with E-state index in [1.165, 1.54) is 0 Å². The van der Waals surface area contributed by atoms with Gasteiger partial charge in [-0.15, -0.1) is 0 Å². The molecule has 0 radical (unpaired) electrons. The van der Waals surface area contributed by atoms with Crippen molar-refractivity contribution in [1.29, 1.82) is 0 Å². The maximum atomic E-state index is 11.6. The first-order valence-corrected chi connectivity index (χ1v) is 9.63. The van der Waals surface area contributed by atoms with Gasteiger partial charge in [0.25, 0.3) is 0 Å². The lowest BCUT2D eigenvalue weighted by Crippen LogP contribution is -2.33. The minimum Gasteiger partial charge on any atom is -0.377 e. The Morgan fingerprint density at radius 3 is 1.41 bits per heavy atom. The number of aldehydes is 2. The molecule has 0 fully saturated rings. The van der Waals surface area contributed by atoms with Crippen LogP contribution in [0.4, 0.5) is 0 Å². The number of rotatable bonds is 22. The Labute approximate surface area is 171 Å². The normalized spacial score (nSPS) is 10.5. The molecule has 29 heavy (non-hydrogen) atoms. The molecule has 0 aromatic heterocycles. The second-order valence-corrected chi connectivity index (χ2v) is 5.66. The monoisotopic (exact) mass is 419 g/mol. The van der Waals surface area contributed by atoms with E-state index in [9.17, 15) is 19.2 Å². The Balaban J connectivity index is 3.30. The van der Waals surface area contributed by atoms with Crippen LogP contribution in [0.1, 0.15) is 12.8 Å². The summed E-state index contributed by atoms with van der Waals surface area (Å²) in [6.45, 7) is 4.05. The maximum absolute atomic E-state index is 11.6. The van der Waals surface area contributed by atoms with E-state index in [0.717, 1.165) is 0 Å². The quantitative estimate of drug-likeness (QED) is 0.135. The van der Waals surface area contributed by atoms with Gasteiger partial charge in [0, 0.05) is 39.0 Å². The molecule has 0 spiro atoms. The van der Waals surface area contributed by atoms with Crippen LogP contribution in [0.15, 0.2) is 0 Å². The fourth-order valence-electron chi connectivity index (χ4n) is 1.93. The number of amides is 2. The molecule has 0 rings (SSSR count). The molecule has 0 aromatic carbocycles. The fourth-order valence-corrected chi connectivity index (χ4v) is 1.93. The van der Waals surface area contributed by atoms with Gasteiger partial charge in [0.1, 0.15) is 25.8 Å². The lowest BCUT2D eigenvalue weighted by Gasteiger charge is -2.08. The van der Waals surface area contributed by atoms with Crippen LogP contribution in [-0.2, 0) is 38.1 Å². The van der Waals surface area contributed by atoms with Crippen LogP contribution in [0.5, 0.6) is 0 Å². The average Bonchev–Trinajstić information content (AvgIpc) is 2.71. The summed E-state index contributed by atoms with van der Waals surface area (Å²) in [5, 5.41) is 8.47. The molecule has 0 bridgehead atoms. The second kappa shape index (κ2) is 22.4. The zero-order valence-corrected chi connectivity index (χ0v) is 16.8. The van der Waals surface area contributed by atoms with Gasteiger partial charge < -0.3 is 44.5 Å². The fraction of sp³-hybridized carbons (Fsp3) is 0.778. The van der Waals surface area contributed by atoms with Crippen molar-refractivity contribution in [1.82, 2.24) is 16.0 Å². The van der Waals surface area contributed by atoms with Crippen LogP contribution < -0.4 is 16.0 Å². The molecule has 11 heteroatoms. The number of hydrogen-bond donors (Lipinski definition) is 3. The Hall–Kier alpha value is -1.92. The minimum atomic E-state index is -0.1000. The molecule has 0 aliphatic carbocycles. The van der Waals surface area contributed by atoms with Gasteiger partial charge in [-0.25, -0.2) is 0 Å². The molecule has 11 nitrogen and oxygen atoms in total. The minimum absolute atomic E-state index is 0.0588. The standard InChI is InChI=1S/C18H33N3O8/c22-7-11-28-15-13-26-9-5-20-17(24)1-3-19-4-2-18(25)21-6-10-27-14-16-29-12-8-23/h7-8,19H,1-6,9-16H2,(H,20,24)(H,21,25). The van der Waals surface area contributed by atoms with Gasteiger partial charge in [0.05, 0.1) is 39.6 Å². The van der Waals surface area contributed by atoms with Gasteiger partial charge >= 0.3 is 0 Å². The van der Waals surface area contributed by atoms with Crippen LogP contribution in [0.2, 0.25) is 0 Å². The molecule has 168 valence electrons. The highest BCUT2D eigenvalue weighted by Gasteiger charge is 2.02. The van der Waals surface area contributed by atoms with Gasteiger partial charge in [0.2, 0.25) is 11.8 Å². The zero-order valence-electron chi connectivity index (χ0n) is 16.8. The first kappa shape index (κ1) is 27.1. The maximum Gasteiger partial charge on any atom is 0.221 e. The molecule has 0 aromatic rings. The Bertz CT molecular complexity index is 399. The van der Waals surface area contributed by atoms with E-state index in [-0.39, 0.29) is 25.0 Å². The number of carbonyl (C=O) groups excluding carboxylic acids is 4. The van der Waals surface area contributed by atoms with Crippen molar-refractivity contribution >= 4 is 24.4 Å². The lowest BCUT2D eigenvalue weighted by atomic mass is 10.3. The summed E-state index contributed by atoms with van der Waals surface area (Å²) in [6.07, 6.45) is 1.97. The molecular formula is C18H33N3O8. The van der Waals surface area contributed by atoms with Gasteiger partial charge in [-0.05, 0) is 0 Å². The lowest BCUT2D eigenvalue weighted by molar-refractivity contribution is -0.121. The highest BCUT2D eigenvalue weighted by Crippen LogP contribution is 1.83. The highest BCUT2D eigenvalue weighted by molar-refractivity contribution is 5.76. The van der Waals surface area contributed by atoms with E-state index < -0.39 is 0 Å². The van der Waals surface area contributed by atoms with E-state index in [2.05, 4.69) is 16.0 Å². The molecule has 2 amide bonds. The summed E-state index contributed by atoms with van der Waals surface area (Å²) in [6, 6.07) is 0. The number of carbonyl (C=O) groups is 4. The Morgan fingerprint density at radius 2 is 1.00 bits per heavy atom. The van der Waals surface area contributed by atoms with Crippen molar-refractivity contribution in [3.63, 3.8) is 0 Å². The second-order valence-electron chi connectivity index (χ2n) is 5.66. The van der Waals surface area contributed by atoms with Crippen LogP contribution in [0, 0.1) is 0 Å². The number of nitrogens with one attached hydrogen (secondary N) is 3. The first-order chi connectivity index (χ1) is 14.2. The van der Waals surface area contributed by atoms with Gasteiger partial charge in [-0.1, -0.05) is 0 Å². The van der Waals surface area contributed by atoms with Crippen LogP contribution in [-0.4, -0.2) is 103 Å². The van der Waals surface area contributed by atoms with Crippen LogP contribution >= 0.6 is 0 Å². The third-order valence-corrected chi connectivity index (χ3v) is 3.31. The van der Waals surface area contributed by atoms with Crippen molar-refractivity contribution in [3.8, 4) is 0 Å². The molecule has 0 saturated carbocycles. The van der Waals surface area contributed by atoms with Gasteiger partial charge in [-0.2, -0.15) is 0 Å². The summed E-state index contributed by atoms with van der Waals surface area (Å²) in [4.78, 5) is 43.3. The topological polar surface area (TPSA) is 141 Å². The van der Waals surface area contributed by atoms with E-state index in [1.807, 2.05) is 0 Å². The van der Waals surface area contributed by atoms with Crippen LogP contribution in [0.25, 0.3) is 0 Å². The summed E-state index contributed by atoms with van der Waals surface area (Å²) < 4.78 is 20.3. The molecule has 0 aliphatic heterocycles. The van der Waals surface area contributed by atoms with Gasteiger partial charge in [0.15, 0.2) is 0 Å².